The number of likely N-dealkylation sites (tertiary alicyclic amines) is 1. The Balaban J connectivity index is 1.39. The van der Waals surface area contributed by atoms with E-state index in [0.29, 0.717) is 19.6 Å². The van der Waals surface area contributed by atoms with Crippen molar-refractivity contribution in [2.45, 2.75) is 56.5 Å². The molecule has 0 spiro atoms. The fraction of sp³-hybridized carbons (Fsp3) is 0.480. The van der Waals surface area contributed by atoms with Crippen molar-refractivity contribution < 1.29 is 13.2 Å². The minimum absolute atomic E-state index is 0.0938. The highest BCUT2D eigenvalue weighted by Crippen LogP contribution is 2.23. The molecule has 7 heteroatoms. The fourth-order valence-electron chi connectivity index (χ4n) is 4.54. The lowest BCUT2D eigenvalue weighted by Gasteiger charge is -2.26. The highest BCUT2D eigenvalue weighted by Gasteiger charge is 2.29. The Morgan fingerprint density at radius 2 is 1.38 bits per heavy atom. The number of carbonyl (C=O) groups is 1. The number of amides is 1. The maximum Gasteiger partial charge on any atom is 0.252 e. The van der Waals surface area contributed by atoms with Crippen molar-refractivity contribution in [3.63, 3.8) is 0 Å². The Morgan fingerprint density at radius 3 is 2.06 bits per heavy atom. The first kappa shape index (κ1) is 23.0. The molecule has 0 aromatic heterocycles. The first-order valence-electron chi connectivity index (χ1n) is 11.7. The van der Waals surface area contributed by atoms with Crippen LogP contribution in [0.1, 0.15) is 60.0 Å². The normalized spacial score (nSPS) is 18.4. The van der Waals surface area contributed by atoms with Crippen molar-refractivity contribution in [2.75, 3.05) is 26.2 Å². The van der Waals surface area contributed by atoms with Gasteiger partial charge >= 0.3 is 0 Å². The number of hydrogen-bond donors (Lipinski definition) is 1. The van der Waals surface area contributed by atoms with Gasteiger partial charge in [0, 0.05) is 26.2 Å². The van der Waals surface area contributed by atoms with Gasteiger partial charge in [0.05, 0.1) is 10.5 Å². The summed E-state index contributed by atoms with van der Waals surface area (Å²) in [5.41, 5.74) is 2.48. The standard InChI is InChI=1S/C25H33N3O3S/c29-25(23-9-3-4-10-24(23)32(30,31)28-17-7-2-8-18-28)26-19-21-11-13-22(14-12-21)20-27-15-5-1-6-16-27/h3-4,9-14H,1-2,5-8,15-20H2,(H,26,29). The quantitative estimate of drug-likeness (QED) is 0.690. The predicted molar refractivity (Wildman–Crippen MR) is 126 cm³/mol. The van der Waals surface area contributed by atoms with Crippen LogP contribution in [0.2, 0.25) is 0 Å². The van der Waals surface area contributed by atoms with Crippen molar-refractivity contribution in [3.8, 4) is 0 Å². The molecule has 4 rings (SSSR count). The average molecular weight is 456 g/mol. The Labute approximate surface area is 191 Å². The average Bonchev–Trinajstić information content (AvgIpc) is 2.84. The minimum Gasteiger partial charge on any atom is -0.348 e. The molecule has 2 aromatic carbocycles. The summed E-state index contributed by atoms with van der Waals surface area (Å²) < 4.78 is 27.8. The minimum atomic E-state index is -3.67. The van der Waals surface area contributed by atoms with Gasteiger partial charge in [-0.05, 0) is 62.0 Å². The number of sulfonamides is 1. The summed E-state index contributed by atoms with van der Waals surface area (Å²) in [5.74, 6) is -0.362. The highest BCUT2D eigenvalue weighted by atomic mass is 32.2. The van der Waals surface area contributed by atoms with E-state index in [9.17, 15) is 13.2 Å². The predicted octanol–water partition coefficient (Wildman–Crippen LogP) is 3.78. The lowest BCUT2D eigenvalue weighted by Crippen LogP contribution is -2.37. The van der Waals surface area contributed by atoms with Gasteiger partial charge in [-0.1, -0.05) is 49.2 Å². The molecule has 2 saturated heterocycles. The lowest BCUT2D eigenvalue weighted by molar-refractivity contribution is 0.0947. The van der Waals surface area contributed by atoms with Crippen LogP contribution in [0.4, 0.5) is 0 Å². The lowest BCUT2D eigenvalue weighted by atomic mass is 10.1. The monoisotopic (exact) mass is 455 g/mol. The highest BCUT2D eigenvalue weighted by molar-refractivity contribution is 7.89. The van der Waals surface area contributed by atoms with Crippen molar-refractivity contribution >= 4 is 15.9 Å². The van der Waals surface area contributed by atoms with Gasteiger partial charge in [0.2, 0.25) is 10.0 Å². The van der Waals surface area contributed by atoms with E-state index in [1.807, 2.05) is 12.1 Å². The van der Waals surface area contributed by atoms with Crippen molar-refractivity contribution in [1.29, 1.82) is 0 Å². The van der Waals surface area contributed by atoms with Gasteiger partial charge in [-0.2, -0.15) is 4.31 Å². The van der Waals surface area contributed by atoms with E-state index < -0.39 is 10.0 Å². The molecule has 0 unspecified atom stereocenters. The van der Waals surface area contributed by atoms with Crippen LogP contribution in [-0.4, -0.2) is 49.7 Å². The number of nitrogens with one attached hydrogen (secondary N) is 1. The zero-order valence-electron chi connectivity index (χ0n) is 18.6. The van der Waals surface area contributed by atoms with Crippen molar-refractivity contribution in [3.05, 3.63) is 65.2 Å². The molecule has 0 saturated carbocycles. The van der Waals surface area contributed by atoms with Gasteiger partial charge < -0.3 is 5.32 Å². The van der Waals surface area contributed by atoms with Crippen molar-refractivity contribution in [1.82, 2.24) is 14.5 Å². The largest absolute Gasteiger partial charge is 0.348 e. The summed E-state index contributed by atoms with van der Waals surface area (Å²) in [4.78, 5) is 15.5. The SMILES string of the molecule is O=C(NCc1ccc(CN2CCCCC2)cc1)c1ccccc1S(=O)(=O)N1CCCCC1. The topological polar surface area (TPSA) is 69.7 Å². The molecule has 6 nitrogen and oxygen atoms in total. The molecular formula is C25H33N3O3S. The first-order valence-corrected chi connectivity index (χ1v) is 13.2. The third-order valence-corrected chi connectivity index (χ3v) is 8.35. The van der Waals surface area contributed by atoms with Crippen LogP contribution >= 0.6 is 0 Å². The number of hydrogen-bond acceptors (Lipinski definition) is 4. The molecule has 1 N–H and O–H groups in total. The first-order chi connectivity index (χ1) is 15.5. The van der Waals surface area contributed by atoms with Gasteiger partial charge in [-0.3, -0.25) is 9.69 Å². The smallest absolute Gasteiger partial charge is 0.252 e. The third-order valence-electron chi connectivity index (χ3n) is 6.40. The molecule has 0 bridgehead atoms. The summed E-state index contributed by atoms with van der Waals surface area (Å²) in [5, 5.41) is 2.90. The molecular weight excluding hydrogens is 422 g/mol. The van der Waals surface area contributed by atoms with Crippen molar-refractivity contribution in [2.24, 2.45) is 0 Å². The van der Waals surface area contributed by atoms with Gasteiger partial charge in [-0.15, -0.1) is 0 Å². The molecule has 2 aromatic rings. The summed E-state index contributed by atoms with van der Waals surface area (Å²) in [6.45, 7) is 4.69. The Bertz CT molecular complexity index is 1010. The zero-order valence-corrected chi connectivity index (χ0v) is 19.4. The van der Waals surface area contributed by atoms with Gasteiger partial charge in [0.25, 0.3) is 5.91 Å². The molecule has 0 aliphatic carbocycles. The Kier molecular flexibility index (Phi) is 7.60. The molecule has 2 aliphatic heterocycles. The number of benzene rings is 2. The maximum atomic E-state index is 13.1. The number of nitrogens with zero attached hydrogens (tertiary/aromatic N) is 2. The van der Waals surface area contributed by atoms with E-state index in [1.165, 1.54) is 35.2 Å². The van der Waals surface area contributed by atoms with Crippen LogP contribution in [0.15, 0.2) is 53.4 Å². The molecule has 0 atom stereocenters. The summed E-state index contributed by atoms with van der Waals surface area (Å²) in [7, 11) is -3.67. The molecule has 2 fully saturated rings. The van der Waals surface area contributed by atoms with Gasteiger partial charge in [0.15, 0.2) is 0 Å². The summed E-state index contributed by atoms with van der Waals surface area (Å²) in [6, 6.07) is 14.8. The van der Waals surface area contributed by atoms with E-state index in [0.717, 1.165) is 44.5 Å². The molecule has 2 heterocycles. The molecule has 172 valence electrons. The zero-order chi connectivity index (χ0) is 22.4. The van der Waals surface area contributed by atoms with Gasteiger partial charge in [-0.25, -0.2) is 8.42 Å². The molecule has 2 aliphatic rings. The van der Waals surface area contributed by atoms with E-state index in [-0.39, 0.29) is 16.4 Å². The Morgan fingerprint density at radius 1 is 0.781 bits per heavy atom. The van der Waals surface area contributed by atoms with Crippen LogP contribution in [-0.2, 0) is 23.1 Å². The second-order valence-electron chi connectivity index (χ2n) is 8.80. The molecule has 0 radical (unpaired) electrons. The third kappa shape index (κ3) is 5.57. The fourth-order valence-corrected chi connectivity index (χ4v) is 6.25. The van der Waals surface area contributed by atoms with E-state index in [2.05, 4.69) is 22.3 Å². The Hall–Kier alpha value is -2.22. The van der Waals surface area contributed by atoms with Crippen LogP contribution in [0.5, 0.6) is 0 Å². The van der Waals surface area contributed by atoms with Gasteiger partial charge in [0.1, 0.15) is 0 Å². The van der Waals surface area contributed by atoms with Crippen LogP contribution in [0.3, 0.4) is 0 Å². The number of piperidine rings is 2. The second kappa shape index (κ2) is 10.6. The molecule has 32 heavy (non-hydrogen) atoms. The second-order valence-corrected chi connectivity index (χ2v) is 10.7. The van der Waals surface area contributed by atoms with Crippen LogP contribution in [0.25, 0.3) is 0 Å². The van der Waals surface area contributed by atoms with E-state index in [4.69, 9.17) is 0 Å². The number of carbonyl (C=O) groups excluding carboxylic acids is 1. The van der Waals surface area contributed by atoms with Crippen LogP contribution in [0, 0.1) is 0 Å². The molecule has 1 amide bonds. The maximum absolute atomic E-state index is 13.1. The van der Waals surface area contributed by atoms with E-state index >= 15 is 0 Å². The van der Waals surface area contributed by atoms with Crippen LogP contribution < -0.4 is 5.32 Å². The summed E-state index contributed by atoms with van der Waals surface area (Å²) in [6.07, 6.45) is 6.66. The summed E-state index contributed by atoms with van der Waals surface area (Å²) >= 11 is 0. The van der Waals surface area contributed by atoms with E-state index in [1.54, 1.807) is 18.2 Å². The number of rotatable bonds is 7.